The second-order valence-electron chi connectivity index (χ2n) is 7.73. The van der Waals surface area contributed by atoms with Crippen LogP contribution in [-0.4, -0.2) is 30.6 Å². The molecule has 1 aliphatic heterocycles. The van der Waals surface area contributed by atoms with Crippen molar-refractivity contribution in [3.05, 3.63) is 0 Å². The van der Waals surface area contributed by atoms with E-state index in [1.807, 2.05) is 0 Å². The highest BCUT2D eigenvalue weighted by Gasteiger charge is 2.37. The zero-order chi connectivity index (χ0) is 14.6. The lowest BCUT2D eigenvalue weighted by molar-refractivity contribution is 0.0263. The van der Waals surface area contributed by atoms with Crippen LogP contribution in [0.2, 0.25) is 0 Å². The fraction of sp³-hybridized carbons (Fsp3) is 1.00. The summed E-state index contributed by atoms with van der Waals surface area (Å²) < 4.78 is 0. The molecule has 2 heteroatoms. The van der Waals surface area contributed by atoms with Crippen LogP contribution in [0.5, 0.6) is 0 Å². The summed E-state index contributed by atoms with van der Waals surface area (Å²) in [5.74, 6) is 1.72. The maximum atomic E-state index is 6.07. The van der Waals surface area contributed by atoms with E-state index in [-0.39, 0.29) is 0 Å². The summed E-state index contributed by atoms with van der Waals surface area (Å²) in [6.45, 7) is 10.7. The third kappa shape index (κ3) is 3.76. The van der Waals surface area contributed by atoms with Crippen molar-refractivity contribution >= 4 is 0 Å². The minimum Gasteiger partial charge on any atom is -0.330 e. The molecule has 0 bridgehead atoms. The van der Waals surface area contributed by atoms with Crippen LogP contribution in [0, 0.1) is 17.3 Å². The lowest BCUT2D eigenvalue weighted by Crippen LogP contribution is -2.51. The first-order chi connectivity index (χ1) is 9.61. The van der Waals surface area contributed by atoms with E-state index in [9.17, 15) is 0 Å². The van der Waals surface area contributed by atoms with E-state index < -0.39 is 0 Å². The molecule has 3 atom stereocenters. The maximum Gasteiger partial charge on any atom is 0.0138 e. The van der Waals surface area contributed by atoms with E-state index in [2.05, 4.69) is 25.7 Å². The van der Waals surface area contributed by atoms with Gasteiger partial charge in [0.15, 0.2) is 0 Å². The molecule has 2 N–H and O–H groups in total. The Kier molecular flexibility index (Phi) is 5.92. The Hall–Kier alpha value is -0.0800. The number of nitrogens with zero attached hydrogens (tertiary/aromatic N) is 1. The lowest BCUT2D eigenvalue weighted by Gasteiger charge is -2.47. The van der Waals surface area contributed by atoms with Gasteiger partial charge >= 0.3 is 0 Å². The van der Waals surface area contributed by atoms with E-state index in [0.717, 1.165) is 24.4 Å². The molecule has 20 heavy (non-hydrogen) atoms. The van der Waals surface area contributed by atoms with Gasteiger partial charge in [0.1, 0.15) is 0 Å². The van der Waals surface area contributed by atoms with Gasteiger partial charge in [-0.05, 0) is 62.6 Å². The Morgan fingerprint density at radius 2 is 1.85 bits per heavy atom. The Labute approximate surface area is 126 Å². The van der Waals surface area contributed by atoms with Crippen molar-refractivity contribution in [2.45, 2.75) is 78.2 Å². The third-order valence-corrected chi connectivity index (χ3v) is 6.39. The highest BCUT2D eigenvalue weighted by molar-refractivity contribution is 4.91. The first-order valence-corrected chi connectivity index (χ1v) is 9.06. The molecular weight excluding hydrogens is 244 g/mol. The summed E-state index contributed by atoms with van der Waals surface area (Å²) in [6.07, 6.45) is 11.1. The smallest absolute Gasteiger partial charge is 0.0138 e. The SMILES string of the molecule is CCCC1CCC(CN)C(N2CCC(C)(CC)CC2)C1. The van der Waals surface area contributed by atoms with Gasteiger partial charge in [0.05, 0.1) is 0 Å². The quantitative estimate of drug-likeness (QED) is 0.823. The summed E-state index contributed by atoms with van der Waals surface area (Å²) >= 11 is 0. The molecule has 0 spiro atoms. The molecule has 1 heterocycles. The van der Waals surface area contributed by atoms with Gasteiger partial charge in [-0.1, -0.05) is 46.5 Å². The number of likely N-dealkylation sites (tertiary alicyclic amines) is 1. The average molecular weight is 281 g/mol. The molecule has 0 aromatic heterocycles. The Balaban J connectivity index is 1.94. The van der Waals surface area contributed by atoms with Gasteiger partial charge in [-0.2, -0.15) is 0 Å². The highest BCUT2D eigenvalue weighted by atomic mass is 15.2. The molecule has 0 aromatic rings. The summed E-state index contributed by atoms with van der Waals surface area (Å²) in [5, 5.41) is 0. The molecule has 1 saturated carbocycles. The van der Waals surface area contributed by atoms with Gasteiger partial charge in [0.2, 0.25) is 0 Å². The number of nitrogens with two attached hydrogens (primary N) is 1. The number of hydrogen-bond donors (Lipinski definition) is 1. The van der Waals surface area contributed by atoms with Gasteiger partial charge in [0.25, 0.3) is 0 Å². The second kappa shape index (κ2) is 7.26. The Morgan fingerprint density at radius 1 is 1.15 bits per heavy atom. The van der Waals surface area contributed by atoms with Gasteiger partial charge in [-0.25, -0.2) is 0 Å². The van der Waals surface area contributed by atoms with Gasteiger partial charge in [-0.3, -0.25) is 0 Å². The van der Waals surface area contributed by atoms with Gasteiger partial charge < -0.3 is 10.6 Å². The zero-order valence-corrected chi connectivity index (χ0v) is 14.0. The van der Waals surface area contributed by atoms with Crippen LogP contribution < -0.4 is 5.73 Å². The molecule has 2 rings (SSSR count). The van der Waals surface area contributed by atoms with Crippen molar-refractivity contribution in [3.8, 4) is 0 Å². The summed E-state index contributed by atoms with van der Waals surface area (Å²) in [7, 11) is 0. The van der Waals surface area contributed by atoms with Crippen molar-refractivity contribution in [2.75, 3.05) is 19.6 Å². The monoisotopic (exact) mass is 280 g/mol. The van der Waals surface area contributed by atoms with Crippen molar-refractivity contribution in [3.63, 3.8) is 0 Å². The fourth-order valence-corrected chi connectivity index (χ4v) is 4.44. The minimum absolute atomic E-state index is 0.603. The maximum absolute atomic E-state index is 6.07. The fourth-order valence-electron chi connectivity index (χ4n) is 4.44. The number of rotatable bonds is 5. The van der Waals surface area contributed by atoms with Crippen molar-refractivity contribution in [1.82, 2.24) is 4.90 Å². The summed E-state index contributed by atoms with van der Waals surface area (Å²) in [6, 6.07) is 0.784. The van der Waals surface area contributed by atoms with E-state index in [0.29, 0.717) is 5.41 Å². The van der Waals surface area contributed by atoms with E-state index in [4.69, 9.17) is 5.73 Å². The minimum atomic E-state index is 0.603. The van der Waals surface area contributed by atoms with Gasteiger partial charge in [0, 0.05) is 6.04 Å². The summed E-state index contributed by atoms with van der Waals surface area (Å²) in [5.41, 5.74) is 6.68. The predicted molar refractivity (Wildman–Crippen MR) is 87.8 cm³/mol. The van der Waals surface area contributed by atoms with E-state index >= 15 is 0 Å². The van der Waals surface area contributed by atoms with Crippen LogP contribution in [0.25, 0.3) is 0 Å². The van der Waals surface area contributed by atoms with Crippen molar-refractivity contribution < 1.29 is 0 Å². The van der Waals surface area contributed by atoms with Crippen LogP contribution in [0.4, 0.5) is 0 Å². The molecule has 3 unspecified atom stereocenters. The standard InChI is InChI=1S/C18H36N2/c1-4-6-15-7-8-16(14-19)17(13-15)20-11-9-18(3,5-2)10-12-20/h15-17H,4-14,19H2,1-3H3. The topological polar surface area (TPSA) is 29.3 Å². The molecule has 2 aliphatic rings. The predicted octanol–water partition coefficient (Wildman–Crippen LogP) is 4.04. The molecule has 0 radical (unpaired) electrons. The molecule has 0 amide bonds. The highest BCUT2D eigenvalue weighted by Crippen LogP contribution is 2.39. The third-order valence-electron chi connectivity index (χ3n) is 6.39. The molecule has 2 fully saturated rings. The molecular formula is C18H36N2. The van der Waals surface area contributed by atoms with Crippen molar-refractivity contribution in [1.29, 1.82) is 0 Å². The molecule has 1 aliphatic carbocycles. The molecule has 118 valence electrons. The van der Waals surface area contributed by atoms with Crippen LogP contribution in [-0.2, 0) is 0 Å². The van der Waals surface area contributed by atoms with Crippen molar-refractivity contribution in [2.24, 2.45) is 23.0 Å². The zero-order valence-electron chi connectivity index (χ0n) is 14.0. The average Bonchev–Trinajstić information content (AvgIpc) is 2.48. The van der Waals surface area contributed by atoms with Crippen LogP contribution >= 0.6 is 0 Å². The van der Waals surface area contributed by atoms with E-state index in [1.165, 1.54) is 64.5 Å². The van der Waals surface area contributed by atoms with Crippen LogP contribution in [0.3, 0.4) is 0 Å². The van der Waals surface area contributed by atoms with E-state index in [1.54, 1.807) is 0 Å². The Bertz CT molecular complexity index is 281. The normalized spacial score (nSPS) is 35.1. The van der Waals surface area contributed by atoms with Gasteiger partial charge in [-0.15, -0.1) is 0 Å². The molecule has 2 nitrogen and oxygen atoms in total. The van der Waals surface area contributed by atoms with Crippen LogP contribution in [0.1, 0.15) is 72.1 Å². The second-order valence-corrected chi connectivity index (χ2v) is 7.73. The first-order valence-electron chi connectivity index (χ1n) is 9.06. The first kappa shape index (κ1) is 16.3. The Morgan fingerprint density at radius 3 is 2.40 bits per heavy atom. The van der Waals surface area contributed by atoms with Crippen LogP contribution in [0.15, 0.2) is 0 Å². The largest absolute Gasteiger partial charge is 0.330 e. The lowest BCUT2D eigenvalue weighted by atomic mass is 9.73. The molecule has 1 saturated heterocycles. The number of hydrogen-bond acceptors (Lipinski definition) is 2. The summed E-state index contributed by atoms with van der Waals surface area (Å²) in [4.78, 5) is 2.80. The number of piperidine rings is 1. The molecule has 0 aromatic carbocycles.